The first-order valence-electron chi connectivity index (χ1n) is 12.4. The number of carbonyl (C=O) groups excluding carboxylic acids is 2. The maximum atomic E-state index is 15.4. The highest BCUT2D eigenvalue weighted by Crippen LogP contribution is 2.49. The summed E-state index contributed by atoms with van der Waals surface area (Å²) in [6, 6.07) is 18.8. The van der Waals surface area contributed by atoms with Gasteiger partial charge in [0.05, 0.1) is 34.3 Å². The topological polar surface area (TPSA) is 77.5 Å². The van der Waals surface area contributed by atoms with Gasteiger partial charge in [0, 0.05) is 0 Å². The normalized spacial score (nSPS) is 14.4. The Balaban J connectivity index is 1.38. The van der Waals surface area contributed by atoms with Gasteiger partial charge in [-0.25, -0.2) is 13.6 Å². The van der Waals surface area contributed by atoms with Gasteiger partial charge in [0.2, 0.25) is 0 Å². The Morgan fingerprint density at radius 1 is 1.00 bits per heavy atom. The molecule has 1 aliphatic carbocycles. The molecular weight excluding hydrogens is 522 g/mol. The quantitative estimate of drug-likeness (QED) is 0.241. The molecule has 1 atom stereocenters. The van der Waals surface area contributed by atoms with Crippen molar-refractivity contribution in [3.8, 4) is 21.6 Å². The van der Waals surface area contributed by atoms with Crippen molar-refractivity contribution in [2.24, 2.45) is 0 Å². The maximum Gasteiger partial charge on any atom is 0.412 e. The summed E-state index contributed by atoms with van der Waals surface area (Å²) in [6.45, 7) is 3.38. The number of ether oxygens (including phenoxy) is 2. The van der Waals surface area contributed by atoms with E-state index in [-0.39, 0.29) is 22.1 Å². The van der Waals surface area contributed by atoms with Crippen molar-refractivity contribution in [1.29, 1.82) is 0 Å². The second-order valence-electron chi connectivity index (χ2n) is 9.52. The van der Waals surface area contributed by atoms with Gasteiger partial charge >= 0.3 is 12.1 Å². The van der Waals surface area contributed by atoms with Crippen molar-refractivity contribution < 1.29 is 27.8 Å². The molecule has 3 aromatic carbocycles. The third-order valence-corrected chi connectivity index (χ3v) is 7.96. The van der Waals surface area contributed by atoms with Crippen LogP contribution in [0, 0.1) is 18.6 Å². The van der Waals surface area contributed by atoms with Crippen LogP contribution in [0.1, 0.15) is 42.7 Å². The number of carbonyl (C=O) groups is 2. The zero-order chi connectivity index (χ0) is 27.7. The molecule has 0 aliphatic heterocycles. The third kappa shape index (κ3) is 5.14. The lowest BCUT2D eigenvalue weighted by atomic mass is 9.93. The van der Waals surface area contributed by atoms with Crippen molar-refractivity contribution in [2.75, 3.05) is 12.4 Å². The van der Waals surface area contributed by atoms with E-state index in [1.807, 2.05) is 30.3 Å². The van der Waals surface area contributed by atoms with Crippen LogP contribution in [0.4, 0.5) is 19.3 Å². The zero-order valence-electron chi connectivity index (χ0n) is 21.6. The molecule has 6 nitrogen and oxygen atoms in total. The highest BCUT2D eigenvalue weighted by Gasteiger charge is 2.52. The fourth-order valence-electron chi connectivity index (χ4n) is 4.64. The van der Waals surface area contributed by atoms with Crippen LogP contribution < -0.4 is 5.32 Å². The summed E-state index contributed by atoms with van der Waals surface area (Å²) in [5.74, 6) is -1.86. The predicted molar refractivity (Wildman–Crippen MR) is 146 cm³/mol. The van der Waals surface area contributed by atoms with E-state index in [1.54, 1.807) is 38.1 Å². The largest absolute Gasteiger partial charge is 0.468 e. The number of hydrogen-bond acceptors (Lipinski definition) is 6. The molecule has 200 valence electrons. The van der Waals surface area contributed by atoms with Crippen LogP contribution in [0.15, 0.2) is 66.7 Å². The van der Waals surface area contributed by atoms with Gasteiger partial charge in [0.1, 0.15) is 17.7 Å². The first-order valence-corrected chi connectivity index (χ1v) is 13.2. The van der Waals surface area contributed by atoms with Crippen LogP contribution >= 0.6 is 11.5 Å². The van der Waals surface area contributed by atoms with Crippen molar-refractivity contribution in [3.63, 3.8) is 0 Å². The molecule has 1 heterocycles. The van der Waals surface area contributed by atoms with E-state index in [0.29, 0.717) is 29.7 Å². The van der Waals surface area contributed by atoms with Crippen molar-refractivity contribution in [3.05, 3.63) is 95.2 Å². The lowest BCUT2D eigenvalue weighted by Gasteiger charge is -2.15. The van der Waals surface area contributed by atoms with E-state index in [9.17, 15) is 9.59 Å². The average molecular weight is 549 g/mol. The van der Waals surface area contributed by atoms with Crippen molar-refractivity contribution in [1.82, 2.24) is 4.37 Å². The molecular formula is C30H26F2N2O4S. The molecule has 0 saturated heterocycles. The molecule has 0 unspecified atom stereocenters. The van der Waals surface area contributed by atoms with Crippen LogP contribution in [0.5, 0.6) is 0 Å². The molecule has 0 spiro atoms. The van der Waals surface area contributed by atoms with Gasteiger partial charge in [-0.3, -0.25) is 10.1 Å². The molecule has 1 aliphatic rings. The lowest BCUT2D eigenvalue weighted by molar-refractivity contribution is -0.143. The van der Waals surface area contributed by atoms with E-state index in [1.165, 1.54) is 19.2 Å². The third-order valence-electron chi connectivity index (χ3n) is 7.01. The molecule has 0 bridgehead atoms. The van der Waals surface area contributed by atoms with Crippen LogP contribution in [0.25, 0.3) is 21.6 Å². The molecule has 1 fully saturated rings. The average Bonchev–Trinajstić information content (AvgIpc) is 3.68. The molecule has 9 heteroatoms. The van der Waals surface area contributed by atoms with E-state index in [4.69, 9.17) is 9.47 Å². The predicted octanol–water partition coefficient (Wildman–Crippen LogP) is 7.58. The minimum atomic E-state index is -0.792. The minimum absolute atomic E-state index is 0.155. The summed E-state index contributed by atoms with van der Waals surface area (Å²) in [7, 11) is 1.36. The van der Waals surface area contributed by atoms with Gasteiger partial charge in [-0.15, -0.1) is 0 Å². The first kappa shape index (κ1) is 26.5. The number of aromatic nitrogens is 1. The Morgan fingerprint density at radius 2 is 1.64 bits per heavy atom. The lowest BCUT2D eigenvalue weighted by Crippen LogP contribution is -2.21. The molecule has 4 aromatic rings. The molecule has 0 radical (unpaired) electrons. The van der Waals surface area contributed by atoms with E-state index in [2.05, 4.69) is 9.69 Å². The molecule has 1 aromatic heterocycles. The summed E-state index contributed by atoms with van der Waals surface area (Å²) < 4.78 is 45.4. The van der Waals surface area contributed by atoms with Crippen LogP contribution in [0.2, 0.25) is 0 Å². The smallest absolute Gasteiger partial charge is 0.412 e. The summed E-state index contributed by atoms with van der Waals surface area (Å²) >= 11 is 0.889. The number of aryl methyl sites for hydroxylation is 1. The number of methoxy groups -OCH3 is 1. The van der Waals surface area contributed by atoms with Gasteiger partial charge in [0.25, 0.3) is 0 Å². The molecule has 1 amide bonds. The first-order chi connectivity index (χ1) is 18.7. The number of nitrogens with zero attached hydrogens (tertiary/aromatic N) is 1. The summed E-state index contributed by atoms with van der Waals surface area (Å²) in [6.07, 6.45) is 0.137. The highest BCUT2D eigenvalue weighted by molar-refractivity contribution is 7.10. The number of rotatable bonds is 7. The van der Waals surface area contributed by atoms with E-state index < -0.39 is 29.2 Å². The molecule has 1 saturated carbocycles. The van der Waals surface area contributed by atoms with Crippen molar-refractivity contribution in [2.45, 2.75) is 38.2 Å². The van der Waals surface area contributed by atoms with E-state index >= 15 is 8.78 Å². The Hall–Kier alpha value is -4.11. The second-order valence-corrected chi connectivity index (χ2v) is 10.3. The Labute approximate surface area is 228 Å². The summed E-state index contributed by atoms with van der Waals surface area (Å²) in [5.41, 5.74) is 2.27. The van der Waals surface area contributed by atoms with Gasteiger partial charge in [-0.05, 0) is 72.6 Å². The highest BCUT2D eigenvalue weighted by atomic mass is 32.1. The number of benzene rings is 3. The monoisotopic (exact) mass is 548 g/mol. The van der Waals surface area contributed by atoms with Crippen LogP contribution in [-0.4, -0.2) is 23.5 Å². The standard InChI is InChI=1S/C30H26F2N2O4S/c1-17-26(33-29(36)38-18(2)19-7-5-4-6-8-19)27(39-34-17)25-23(31)15-21(16-24(25)32)20-9-11-22(12-10-20)30(13-14-30)28(35)37-3/h4-12,15-16,18H,13-14H2,1-3H3,(H,33,36)/t18-/m1/s1. The molecule has 39 heavy (non-hydrogen) atoms. The van der Waals surface area contributed by atoms with Crippen molar-refractivity contribution >= 4 is 29.3 Å². The van der Waals surface area contributed by atoms with Gasteiger partial charge in [-0.2, -0.15) is 4.37 Å². The number of halogens is 2. The SMILES string of the molecule is COC(=O)C1(c2ccc(-c3cc(F)c(-c4snc(C)c4NC(=O)O[C@H](C)c4ccccc4)c(F)c3)cc2)CC1. The number of nitrogens with one attached hydrogen (secondary N) is 1. The minimum Gasteiger partial charge on any atom is -0.468 e. The maximum absolute atomic E-state index is 15.4. The number of esters is 1. The molecule has 1 N–H and O–H groups in total. The summed E-state index contributed by atoms with van der Waals surface area (Å²) in [4.78, 5) is 25.0. The number of hydrogen-bond donors (Lipinski definition) is 1. The Kier molecular flexibility index (Phi) is 7.18. The van der Waals surface area contributed by atoms with E-state index in [0.717, 1.165) is 22.7 Å². The van der Waals surface area contributed by atoms with Gasteiger partial charge < -0.3 is 9.47 Å². The van der Waals surface area contributed by atoms with Gasteiger partial charge in [0.15, 0.2) is 0 Å². The van der Waals surface area contributed by atoms with Crippen LogP contribution in [-0.2, 0) is 19.7 Å². The number of anilines is 1. The van der Waals surface area contributed by atoms with Gasteiger partial charge in [-0.1, -0.05) is 54.6 Å². The second kappa shape index (κ2) is 10.6. The summed E-state index contributed by atoms with van der Waals surface area (Å²) in [5, 5.41) is 2.61. The fourth-order valence-corrected chi connectivity index (χ4v) is 5.54. The number of amides is 1. The Bertz CT molecular complexity index is 1510. The fraction of sp³-hybridized carbons (Fsp3) is 0.233. The molecule has 5 rings (SSSR count). The Morgan fingerprint density at radius 3 is 2.23 bits per heavy atom. The zero-order valence-corrected chi connectivity index (χ0v) is 22.4. The van der Waals surface area contributed by atoms with Crippen LogP contribution in [0.3, 0.4) is 0 Å².